The number of hydrogen-bond donors (Lipinski definition) is 0. The molecule has 0 bridgehead atoms. The Morgan fingerprint density at radius 1 is 0.960 bits per heavy atom. The van der Waals surface area contributed by atoms with E-state index in [1.54, 1.807) is 0 Å². The van der Waals surface area contributed by atoms with Crippen LogP contribution in [0.2, 0.25) is 0 Å². The van der Waals surface area contributed by atoms with Crippen molar-refractivity contribution in [2.75, 3.05) is 7.11 Å². The lowest BCUT2D eigenvalue weighted by molar-refractivity contribution is -0.149. The third kappa shape index (κ3) is 3.13. The molecule has 1 saturated heterocycles. The van der Waals surface area contributed by atoms with Gasteiger partial charge in [-0.1, -0.05) is 43.5 Å². The van der Waals surface area contributed by atoms with Gasteiger partial charge in [-0.3, -0.25) is 4.79 Å². The molecule has 0 radical (unpaired) electrons. The molecule has 1 aliphatic heterocycles. The third-order valence-electron chi connectivity index (χ3n) is 6.27. The van der Waals surface area contributed by atoms with Gasteiger partial charge in [-0.15, -0.1) is 0 Å². The summed E-state index contributed by atoms with van der Waals surface area (Å²) in [5.74, 6) is -0.115. The van der Waals surface area contributed by atoms with Crippen molar-refractivity contribution in [1.82, 2.24) is 0 Å². The van der Waals surface area contributed by atoms with Crippen LogP contribution >= 0.6 is 0 Å². The van der Waals surface area contributed by atoms with Gasteiger partial charge < -0.3 is 14.0 Å². The molecule has 136 valence electrons. The summed E-state index contributed by atoms with van der Waals surface area (Å²) in [6, 6.07) is 8.14. The Morgan fingerprint density at radius 3 is 1.96 bits per heavy atom. The molecule has 4 nitrogen and oxygen atoms in total. The van der Waals surface area contributed by atoms with Crippen molar-refractivity contribution < 1.29 is 18.8 Å². The maximum absolute atomic E-state index is 12.5. The van der Waals surface area contributed by atoms with Gasteiger partial charge in [0.1, 0.15) is 0 Å². The monoisotopic (exact) mass is 344 g/mol. The van der Waals surface area contributed by atoms with Crippen molar-refractivity contribution >= 4 is 18.6 Å². The number of carbonyl (C=O) groups is 1. The van der Waals surface area contributed by atoms with Gasteiger partial charge in [0.25, 0.3) is 0 Å². The first-order chi connectivity index (χ1) is 11.7. The summed E-state index contributed by atoms with van der Waals surface area (Å²) < 4.78 is 17.4. The first-order valence-electron chi connectivity index (χ1n) is 9.26. The molecule has 2 fully saturated rings. The summed E-state index contributed by atoms with van der Waals surface area (Å²) in [4.78, 5) is 12.5. The molecule has 1 aromatic carbocycles. The average molecular weight is 344 g/mol. The zero-order valence-corrected chi connectivity index (χ0v) is 16.1. The van der Waals surface area contributed by atoms with Crippen LogP contribution in [0, 0.1) is 0 Å². The number of methoxy groups -OCH3 is 1. The number of hydrogen-bond acceptors (Lipinski definition) is 4. The minimum Gasteiger partial charge on any atom is -0.468 e. The first kappa shape index (κ1) is 18.5. The van der Waals surface area contributed by atoms with E-state index in [0.717, 1.165) is 36.7 Å². The van der Waals surface area contributed by atoms with Crippen molar-refractivity contribution in [3.8, 4) is 0 Å². The highest BCUT2D eigenvalue weighted by Crippen LogP contribution is 2.41. The molecule has 3 rings (SSSR count). The van der Waals surface area contributed by atoms with Crippen LogP contribution in [0.3, 0.4) is 0 Å². The zero-order chi connectivity index (χ0) is 18.3. The van der Waals surface area contributed by atoms with E-state index >= 15 is 0 Å². The Morgan fingerprint density at radius 2 is 1.48 bits per heavy atom. The van der Waals surface area contributed by atoms with Crippen molar-refractivity contribution in [1.29, 1.82) is 0 Å². The van der Waals surface area contributed by atoms with Crippen molar-refractivity contribution in [3.05, 3.63) is 29.8 Å². The molecule has 0 spiro atoms. The molecule has 1 aliphatic carbocycles. The van der Waals surface area contributed by atoms with Gasteiger partial charge in [-0.05, 0) is 51.6 Å². The van der Waals surface area contributed by atoms with Gasteiger partial charge >= 0.3 is 13.1 Å². The number of esters is 1. The summed E-state index contributed by atoms with van der Waals surface area (Å²) in [6.07, 6.45) is 5.03. The van der Waals surface area contributed by atoms with Crippen LogP contribution in [0.5, 0.6) is 0 Å². The molecule has 0 unspecified atom stereocenters. The number of carbonyl (C=O) groups excluding carboxylic acids is 1. The lowest BCUT2D eigenvalue weighted by Gasteiger charge is -2.35. The van der Waals surface area contributed by atoms with Gasteiger partial charge in [0.05, 0.1) is 23.7 Å². The smallest absolute Gasteiger partial charge is 0.468 e. The normalized spacial score (nSPS) is 24.1. The van der Waals surface area contributed by atoms with E-state index in [4.69, 9.17) is 14.0 Å². The zero-order valence-electron chi connectivity index (χ0n) is 16.1. The Balaban J connectivity index is 1.86. The number of ether oxygens (including phenoxy) is 1. The van der Waals surface area contributed by atoms with E-state index in [-0.39, 0.29) is 24.3 Å². The fourth-order valence-electron chi connectivity index (χ4n) is 3.90. The van der Waals surface area contributed by atoms with Gasteiger partial charge in [0, 0.05) is 0 Å². The van der Waals surface area contributed by atoms with Crippen LogP contribution in [0.25, 0.3) is 0 Å². The Bertz CT molecular complexity index is 614. The van der Waals surface area contributed by atoms with Gasteiger partial charge in [-0.2, -0.15) is 0 Å². The fraction of sp³-hybridized carbons (Fsp3) is 0.650. The minimum atomic E-state index is -0.499. The molecule has 1 heterocycles. The molecular formula is C20H29BO4. The average Bonchev–Trinajstić information content (AvgIpc) is 2.82. The number of rotatable bonds is 3. The predicted octanol–water partition coefficient (Wildman–Crippen LogP) is 3.36. The van der Waals surface area contributed by atoms with Crippen molar-refractivity contribution in [2.45, 2.75) is 76.4 Å². The molecule has 1 saturated carbocycles. The van der Waals surface area contributed by atoms with Crippen molar-refractivity contribution in [2.24, 2.45) is 0 Å². The second kappa shape index (κ2) is 6.44. The quantitative estimate of drug-likeness (QED) is 0.623. The summed E-state index contributed by atoms with van der Waals surface area (Å²) in [7, 11) is 1.11. The second-order valence-electron chi connectivity index (χ2n) is 8.34. The second-order valence-corrected chi connectivity index (χ2v) is 8.34. The van der Waals surface area contributed by atoms with Crippen LogP contribution < -0.4 is 5.46 Å². The standard InChI is InChI=1S/C20H29BO4/c1-18(2)19(3,4)25-21(24-18)16-11-9-15(10-12-16)20(17(22)23-5)13-7-6-8-14-20/h9-12H,6-8,13-14H2,1-5H3. The molecule has 2 aliphatic rings. The van der Waals surface area contributed by atoms with E-state index in [9.17, 15) is 4.79 Å². The predicted molar refractivity (Wildman–Crippen MR) is 98.9 cm³/mol. The highest BCUT2D eigenvalue weighted by atomic mass is 16.7. The summed E-state index contributed by atoms with van der Waals surface area (Å²) in [6.45, 7) is 8.20. The van der Waals surface area contributed by atoms with E-state index < -0.39 is 5.41 Å². The topological polar surface area (TPSA) is 44.8 Å². The molecular weight excluding hydrogens is 315 g/mol. The van der Waals surface area contributed by atoms with E-state index in [1.807, 2.05) is 24.3 Å². The Kier molecular flexibility index (Phi) is 4.76. The number of benzene rings is 1. The lowest BCUT2D eigenvalue weighted by Crippen LogP contribution is -2.41. The summed E-state index contributed by atoms with van der Waals surface area (Å²) in [5, 5.41) is 0. The molecule has 0 aromatic heterocycles. The first-order valence-corrected chi connectivity index (χ1v) is 9.26. The summed E-state index contributed by atoms with van der Waals surface area (Å²) in [5.41, 5.74) is 0.819. The van der Waals surface area contributed by atoms with E-state index in [1.165, 1.54) is 13.5 Å². The highest BCUT2D eigenvalue weighted by Gasteiger charge is 2.52. The van der Waals surface area contributed by atoms with E-state index in [2.05, 4.69) is 27.7 Å². The molecule has 0 atom stereocenters. The highest BCUT2D eigenvalue weighted by molar-refractivity contribution is 6.62. The third-order valence-corrected chi connectivity index (χ3v) is 6.27. The Labute approximate surface area is 151 Å². The van der Waals surface area contributed by atoms with Gasteiger partial charge in [0.15, 0.2) is 0 Å². The molecule has 0 N–H and O–H groups in total. The lowest BCUT2D eigenvalue weighted by atomic mass is 9.68. The largest absolute Gasteiger partial charge is 0.494 e. The minimum absolute atomic E-state index is 0.115. The van der Waals surface area contributed by atoms with Crippen LogP contribution in [0.1, 0.15) is 65.4 Å². The molecule has 5 heteroatoms. The molecule has 1 aromatic rings. The maximum atomic E-state index is 12.5. The van der Waals surface area contributed by atoms with E-state index in [0.29, 0.717) is 0 Å². The van der Waals surface area contributed by atoms with Gasteiger partial charge in [0.2, 0.25) is 0 Å². The van der Waals surface area contributed by atoms with Crippen LogP contribution in [-0.4, -0.2) is 31.4 Å². The molecule has 25 heavy (non-hydrogen) atoms. The van der Waals surface area contributed by atoms with Crippen LogP contribution in [0.15, 0.2) is 24.3 Å². The van der Waals surface area contributed by atoms with Gasteiger partial charge in [-0.25, -0.2) is 0 Å². The molecule has 0 amide bonds. The van der Waals surface area contributed by atoms with Crippen LogP contribution in [-0.2, 0) is 24.3 Å². The Hall–Kier alpha value is -1.33. The maximum Gasteiger partial charge on any atom is 0.494 e. The van der Waals surface area contributed by atoms with Crippen molar-refractivity contribution in [3.63, 3.8) is 0 Å². The fourth-order valence-corrected chi connectivity index (χ4v) is 3.90. The SMILES string of the molecule is COC(=O)C1(c2ccc(B3OC(C)(C)C(C)(C)O3)cc2)CCCCC1. The summed E-state index contributed by atoms with van der Waals surface area (Å²) >= 11 is 0. The van der Waals surface area contributed by atoms with Crippen LogP contribution in [0.4, 0.5) is 0 Å².